The summed E-state index contributed by atoms with van der Waals surface area (Å²) >= 11 is 0. The number of halogens is 3. The molecule has 1 aliphatic rings. The van der Waals surface area contributed by atoms with E-state index < -0.39 is 11.7 Å². The van der Waals surface area contributed by atoms with Crippen LogP contribution in [0.1, 0.15) is 27.2 Å². The van der Waals surface area contributed by atoms with Gasteiger partial charge in [0.1, 0.15) is 0 Å². The highest BCUT2D eigenvalue weighted by Gasteiger charge is 2.31. The van der Waals surface area contributed by atoms with Crippen molar-refractivity contribution in [2.24, 2.45) is 0 Å². The molecule has 0 saturated carbocycles. The van der Waals surface area contributed by atoms with Gasteiger partial charge >= 0.3 is 6.18 Å². The smallest absolute Gasteiger partial charge is 0.336 e. The second-order valence-corrected chi connectivity index (χ2v) is 7.51. The van der Waals surface area contributed by atoms with Gasteiger partial charge in [-0.05, 0) is 24.6 Å². The Hall–Kier alpha value is -3.20. The largest absolute Gasteiger partial charge is 0.417 e. The summed E-state index contributed by atoms with van der Waals surface area (Å²) in [7, 11) is 0. The normalized spacial score (nSPS) is 15.3. The summed E-state index contributed by atoms with van der Waals surface area (Å²) in [5, 5.41) is 4.18. The van der Waals surface area contributed by atoms with Gasteiger partial charge < -0.3 is 4.90 Å². The van der Waals surface area contributed by atoms with Crippen LogP contribution in [0.15, 0.2) is 54.9 Å². The van der Waals surface area contributed by atoms with Gasteiger partial charge in [0, 0.05) is 38.9 Å². The highest BCUT2D eigenvalue weighted by molar-refractivity contribution is 5.95. The van der Waals surface area contributed by atoms with Crippen molar-refractivity contribution in [3.05, 3.63) is 77.2 Å². The summed E-state index contributed by atoms with van der Waals surface area (Å²) in [5.74, 6) is 0.104. The van der Waals surface area contributed by atoms with Crippen molar-refractivity contribution < 1.29 is 18.0 Å². The fourth-order valence-corrected chi connectivity index (χ4v) is 3.65. The first-order valence-corrected chi connectivity index (χ1v) is 9.97. The van der Waals surface area contributed by atoms with E-state index in [1.54, 1.807) is 11.8 Å². The minimum atomic E-state index is -4.45. The predicted molar refractivity (Wildman–Crippen MR) is 109 cm³/mol. The van der Waals surface area contributed by atoms with E-state index in [-0.39, 0.29) is 11.7 Å². The van der Waals surface area contributed by atoms with E-state index in [1.807, 2.05) is 18.2 Å². The highest BCUT2D eigenvalue weighted by Crippen LogP contribution is 2.29. The van der Waals surface area contributed by atoms with Crippen LogP contribution in [0.3, 0.4) is 0 Å². The molecule has 0 radical (unpaired) electrons. The summed E-state index contributed by atoms with van der Waals surface area (Å²) in [5.41, 5.74) is 1.39. The number of carbonyl (C=O) groups is 1. The zero-order valence-electron chi connectivity index (χ0n) is 17.0. The summed E-state index contributed by atoms with van der Waals surface area (Å²) in [4.78, 5) is 21.0. The van der Waals surface area contributed by atoms with Crippen molar-refractivity contribution in [2.75, 3.05) is 26.2 Å². The molecular weight excluding hydrogens is 407 g/mol. The molecule has 1 aromatic carbocycles. The van der Waals surface area contributed by atoms with E-state index in [0.29, 0.717) is 24.3 Å². The van der Waals surface area contributed by atoms with Crippen LogP contribution in [0.5, 0.6) is 0 Å². The van der Waals surface area contributed by atoms with Crippen LogP contribution in [0.25, 0.3) is 5.82 Å². The maximum absolute atomic E-state index is 13.0. The van der Waals surface area contributed by atoms with Crippen molar-refractivity contribution in [3.8, 4) is 5.82 Å². The molecule has 2 aromatic heterocycles. The molecular formula is C22H22F3N5O. The maximum atomic E-state index is 13.0. The lowest BCUT2D eigenvalue weighted by Crippen LogP contribution is -2.48. The monoisotopic (exact) mass is 429 g/mol. The molecule has 0 unspecified atom stereocenters. The number of nitrogens with zero attached hydrogens (tertiary/aromatic N) is 5. The lowest BCUT2D eigenvalue weighted by molar-refractivity contribution is -0.137. The molecule has 6 nitrogen and oxygen atoms in total. The topological polar surface area (TPSA) is 54.3 Å². The van der Waals surface area contributed by atoms with Gasteiger partial charge in [-0.25, -0.2) is 9.67 Å². The standard InChI is InChI=1S/C22H22F3N5O/c1-16-19(14-27-30(16)20-8-7-18(13-26-20)22(23,24)25)21(31)29-11-9-28(10-12-29)15-17-5-3-2-4-6-17/h2-8,13-14H,9-12,15H2,1H3. The van der Waals surface area contributed by atoms with Crippen molar-refractivity contribution in [1.82, 2.24) is 24.6 Å². The molecule has 162 valence electrons. The van der Waals surface area contributed by atoms with Crippen LogP contribution in [0.4, 0.5) is 13.2 Å². The van der Waals surface area contributed by atoms with Crippen LogP contribution in [0.2, 0.25) is 0 Å². The number of hydrogen-bond acceptors (Lipinski definition) is 4. The van der Waals surface area contributed by atoms with Gasteiger partial charge in [0.2, 0.25) is 0 Å². The van der Waals surface area contributed by atoms with Crippen molar-refractivity contribution in [2.45, 2.75) is 19.6 Å². The second kappa shape index (κ2) is 8.50. The number of amides is 1. The maximum Gasteiger partial charge on any atom is 0.417 e. The Bertz CT molecular complexity index is 1040. The lowest BCUT2D eigenvalue weighted by atomic mass is 10.1. The third-order valence-electron chi connectivity index (χ3n) is 5.44. The number of aromatic nitrogens is 3. The van der Waals surface area contributed by atoms with Crippen molar-refractivity contribution in [1.29, 1.82) is 0 Å². The zero-order chi connectivity index (χ0) is 22.0. The minimum Gasteiger partial charge on any atom is -0.336 e. The highest BCUT2D eigenvalue weighted by atomic mass is 19.4. The van der Waals surface area contributed by atoms with E-state index in [0.717, 1.165) is 31.9 Å². The van der Waals surface area contributed by atoms with Crippen LogP contribution in [-0.4, -0.2) is 56.7 Å². The Balaban J connectivity index is 1.41. The number of carbonyl (C=O) groups excluding carboxylic acids is 1. The molecule has 3 aromatic rings. The summed E-state index contributed by atoms with van der Waals surface area (Å²) < 4.78 is 39.6. The molecule has 3 heterocycles. The Kier molecular flexibility index (Phi) is 5.77. The van der Waals surface area contributed by atoms with Crippen LogP contribution >= 0.6 is 0 Å². The number of pyridine rings is 1. The molecule has 4 rings (SSSR count). The van der Waals surface area contributed by atoms with E-state index in [2.05, 4.69) is 27.1 Å². The van der Waals surface area contributed by atoms with E-state index in [9.17, 15) is 18.0 Å². The van der Waals surface area contributed by atoms with E-state index >= 15 is 0 Å². The van der Waals surface area contributed by atoms with Gasteiger partial charge in [-0.1, -0.05) is 30.3 Å². The summed E-state index contributed by atoms with van der Waals surface area (Å²) in [6, 6.07) is 12.4. The molecule has 0 N–H and O–H groups in total. The molecule has 31 heavy (non-hydrogen) atoms. The fraction of sp³-hybridized carbons (Fsp3) is 0.318. The fourth-order valence-electron chi connectivity index (χ4n) is 3.65. The molecule has 1 fully saturated rings. The van der Waals surface area contributed by atoms with Crippen LogP contribution in [-0.2, 0) is 12.7 Å². The van der Waals surface area contributed by atoms with E-state index in [4.69, 9.17) is 0 Å². The number of alkyl halides is 3. The zero-order valence-corrected chi connectivity index (χ0v) is 17.0. The quantitative estimate of drug-likeness (QED) is 0.637. The van der Waals surface area contributed by atoms with E-state index in [1.165, 1.54) is 22.5 Å². The Morgan fingerprint density at radius 1 is 1.00 bits per heavy atom. The first kappa shape index (κ1) is 21.0. The van der Waals surface area contributed by atoms with Crippen molar-refractivity contribution >= 4 is 5.91 Å². The first-order valence-electron chi connectivity index (χ1n) is 9.97. The molecule has 0 bridgehead atoms. The van der Waals surface area contributed by atoms with Gasteiger partial charge in [-0.15, -0.1) is 0 Å². The van der Waals surface area contributed by atoms with Crippen molar-refractivity contribution in [3.63, 3.8) is 0 Å². The molecule has 0 aliphatic carbocycles. The second-order valence-electron chi connectivity index (χ2n) is 7.51. The average molecular weight is 429 g/mol. The Morgan fingerprint density at radius 3 is 2.32 bits per heavy atom. The number of piperazine rings is 1. The number of benzene rings is 1. The van der Waals surface area contributed by atoms with Crippen LogP contribution < -0.4 is 0 Å². The van der Waals surface area contributed by atoms with Gasteiger partial charge in [0.25, 0.3) is 5.91 Å². The summed E-state index contributed by atoms with van der Waals surface area (Å²) in [6.07, 6.45) is -2.23. The molecule has 9 heteroatoms. The first-order chi connectivity index (χ1) is 14.8. The lowest BCUT2D eigenvalue weighted by Gasteiger charge is -2.34. The Morgan fingerprint density at radius 2 is 1.71 bits per heavy atom. The number of rotatable bonds is 4. The summed E-state index contributed by atoms with van der Waals surface area (Å²) in [6.45, 7) is 5.32. The minimum absolute atomic E-state index is 0.130. The molecule has 1 saturated heterocycles. The number of hydrogen-bond donors (Lipinski definition) is 0. The third-order valence-corrected chi connectivity index (χ3v) is 5.44. The molecule has 1 aliphatic heterocycles. The third kappa shape index (κ3) is 4.61. The van der Waals surface area contributed by atoms with Gasteiger partial charge in [0.15, 0.2) is 5.82 Å². The molecule has 0 spiro atoms. The SMILES string of the molecule is Cc1c(C(=O)N2CCN(Cc3ccccc3)CC2)cnn1-c1ccc(C(F)(F)F)cn1. The van der Waals surface area contributed by atoms with Gasteiger partial charge in [-0.3, -0.25) is 9.69 Å². The van der Waals surface area contributed by atoms with Crippen LogP contribution in [0, 0.1) is 6.92 Å². The van der Waals surface area contributed by atoms with Gasteiger partial charge in [-0.2, -0.15) is 18.3 Å². The predicted octanol–water partition coefficient (Wildman–Crippen LogP) is 3.55. The Labute approximate surface area is 177 Å². The van der Waals surface area contributed by atoms with Gasteiger partial charge in [0.05, 0.1) is 23.0 Å². The molecule has 0 atom stereocenters. The average Bonchev–Trinajstić information content (AvgIpc) is 3.15. The molecule has 1 amide bonds.